The lowest BCUT2D eigenvalue weighted by atomic mass is 9.91. The molecule has 3 fully saturated rings. The van der Waals surface area contributed by atoms with Crippen molar-refractivity contribution in [1.82, 2.24) is 36.4 Å². The van der Waals surface area contributed by atoms with Gasteiger partial charge in [-0.15, -0.1) is 0 Å². The average molecular weight is 953 g/mol. The highest BCUT2D eigenvalue weighted by Crippen LogP contribution is 2.24. The Morgan fingerprint density at radius 3 is 2.10 bits per heavy atom. The van der Waals surface area contributed by atoms with E-state index < -0.39 is 83.7 Å². The highest BCUT2D eigenvalue weighted by Gasteiger charge is 2.43. The number of carbonyl (C=O) groups excluding carboxylic acids is 8. The number of benzene rings is 1. The number of hydrogen-bond acceptors (Lipinski definition) is 10. The minimum Gasteiger partial charge on any atom is -0.508 e. The summed E-state index contributed by atoms with van der Waals surface area (Å²) in [5.74, 6) is -3.31. The molecule has 18 heteroatoms. The van der Waals surface area contributed by atoms with Crippen LogP contribution in [0.1, 0.15) is 155 Å². The Morgan fingerprint density at radius 1 is 0.750 bits per heavy atom. The van der Waals surface area contributed by atoms with Crippen molar-refractivity contribution >= 4 is 47.3 Å². The molecular formula is C50H80N8O10. The summed E-state index contributed by atoms with van der Waals surface area (Å²) in [6, 6.07) is -0.609. The minimum absolute atomic E-state index is 0.00985. The van der Waals surface area contributed by atoms with Crippen molar-refractivity contribution in [3.8, 4) is 5.75 Å². The summed E-state index contributed by atoms with van der Waals surface area (Å²) in [4.78, 5) is 112. The van der Waals surface area contributed by atoms with Crippen molar-refractivity contribution in [3.63, 3.8) is 0 Å². The van der Waals surface area contributed by atoms with Gasteiger partial charge in [0, 0.05) is 38.9 Å². The van der Waals surface area contributed by atoms with E-state index in [1.54, 1.807) is 19.1 Å². The maximum absolute atomic E-state index is 14.2. The van der Waals surface area contributed by atoms with Gasteiger partial charge in [-0.1, -0.05) is 84.8 Å². The van der Waals surface area contributed by atoms with Crippen molar-refractivity contribution < 1.29 is 48.6 Å². The average Bonchev–Trinajstić information content (AvgIpc) is 3.97. The van der Waals surface area contributed by atoms with E-state index in [2.05, 4.69) is 47.4 Å². The number of fused-ring (bicyclic) bond motifs is 2. The van der Waals surface area contributed by atoms with Gasteiger partial charge in [0.15, 0.2) is 0 Å². The zero-order valence-electron chi connectivity index (χ0n) is 40.9. The second-order valence-corrected chi connectivity index (χ2v) is 19.5. The molecular weight excluding hydrogens is 873 g/mol. The normalized spacial score (nSPS) is 25.5. The summed E-state index contributed by atoms with van der Waals surface area (Å²) in [5, 5.41) is 34.6. The minimum atomic E-state index is -1.29. The highest BCUT2D eigenvalue weighted by atomic mass is 16.3. The number of primary amides is 1. The first-order valence-corrected chi connectivity index (χ1v) is 25.3. The predicted octanol–water partition coefficient (Wildman–Crippen LogP) is 3.00. The van der Waals surface area contributed by atoms with Crippen molar-refractivity contribution in [2.45, 2.75) is 198 Å². The Labute approximate surface area is 402 Å². The van der Waals surface area contributed by atoms with E-state index in [0.717, 1.165) is 43.1 Å². The van der Waals surface area contributed by atoms with Gasteiger partial charge >= 0.3 is 0 Å². The number of aliphatic hydroxyl groups is 1. The molecule has 0 radical (unpaired) electrons. The SMILES string of the molecule is CCC(C)CC(C)CCCCCCCCC(=O)N[C@H]1CCCNC(=O)[C@@H]2CCCN2C(=O)C(CCC(N)=O)NC(=O)C(CCc2ccc(O)cc2)NC(=O)C2C[C@@H](O)CN2C(=O)C(CC)NC1=O. The Bertz CT molecular complexity index is 1850. The number of nitrogens with two attached hydrogens (primary N) is 1. The molecule has 18 nitrogen and oxygen atoms in total. The molecule has 9 atom stereocenters. The van der Waals surface area contributed by atoms with Crippen LogP contribution in [0.5, 0.6) is 5.75 Å². The van der Waals surface area contributed by atoms with Gasteiger partial charge in [0.1, 0.15) is 42.0 Å². The fourth-order valence-electron chi connectivity index (χ4n) is 9.57. The summed E-state index contributed by atoms with van der Waals surface area (Å²) in [7, 11) is 0. The number of rotatable bonds is 20. The van der Waals surface area contributed by atoms with Crippen molar-refractivity contribution in [1.29, 1.82) is 0 Å². The first-order valence-electron chi connectivity index (χ1n) is 25.3. The smallest absolute Gasteiger partial charge is 0.245 e. The Hall–Kier alpha value is -5.26. The lowest BCUT2D eigenvalue weighted by Gasteiger charge is -2.31. The summed E-state index contributed by atoms with van der Waals surface area (Å²) < 4.78 is 0. The van der Waals surface area contributed by atoms with E-state index >= 15 is 0 Å². The third kappa shape index (κ3) is 17.7. The van der Waals surface area contributed by atoms with Crippen molar-refractivity contribution in [3.05, 3.63) is 29.8 Å². The number of nitrogens with one attached hydrogen (secondary N) is 5. The van der Waals surface area contributed by atoms with Crippen LogP contribution in [0.2, 0.25) is 0 Å². The Morgan fingerprint density at radius 2 is 1.41 bits per heavy atom. The number of nitrogens with zero attached hydrogens (tertiary/aromatic N) is 2. The van der Waals surface area contributed by atoms with E-state index in [1.807, 2.05) is 0 Å². The summed E-state index contributed by atoms with van der Waals surface area (Å²) >= 11 is 0. The van der Waals surface area contributed by atoms with E-state index in [4.69, 9.17) is 5.73 Å². The number of carbonyl (C=O) groups is 8. The van der Waals surface area contributed by atoms with Crippen molar-refractivity contribution in [2.75, 3.05) is 19.6 Å². The molecule has 8 amide bonds. The Balaban J connectivity index is 1.53. The number of aryl methyl sites for hydroxylation is 1. The second-order valence-electron chi connectivity index (χ2n) is 19.5. The lowest BCUT2D eigenvalue weighted by molar-refractivity contribution is -0.143. The molecule has 0 saturated carbocycles. The number of aliphatic hydroxyl groups excluding tert-OH is 1. The zero-order chi connectivity index (χ0) is 49.8. The summed E-state index contributed by atoms with van der Waals surface area (Å²) in [5.41, 5.74) is 6.20. The quantitative estimate of drug-likeness (QED) is 0.0886. The number of amides is 8. The van der Waals surface area contributed by atoms with Gasteiger partial charge in [-0.25, -0.2) is 0 Å². The molecule has 3 heterocycles. The van der Waals surface area contributed by atoms with Crippen LogP contribution >= 0.6 is 0 Å². The van der Waals surface area contributed by atoms with Gasteiger partial charge in [-0.3, -0.25) is 38.4 Å². The highest BCUT2D eigenvalue weighted by molar-refractivity contribution is 5.97. The molecule has 0 spiro atoms. The lowest BCUT2D eigenvalue weighted by Crippen LogP contribution is -2.59. The van der Waals surface area contributed by atoms with Crippen LogP contribution in [0.25, 0.3) is 0 Å². The van der Waals surface area contributed by atoms with E-state index in [0.29, 0.717) is 19.3 Å². The third-order valence-corrected chi connectivity index (χ3v) is 13.8. The molecule has 3 aliphatic rings. The van der Waals surface area contributed by atoms with E-state index in [-0.39, 0.29) is 89.1 Å². The number of unbranched alkanes of at least 4 members (excludes halogenated alkanes) is 5. The molecule has 68 heavy (non-hydrogen) atoms. The number of aromatic hydroxyl groups is 1. The van der Waals surface area contributed by atoms with Crippen LogP contribution in [0.4, 0.5) is 0 Å². The Kier molecular flexibility index (Phi) is 23.0. The van der Waals surface area contributed by atoms with Gasteiger partial charge in [-0.2, -0.15) is 0 Å². The maximum Gasteiger partial charge on any atom is 0.245 e. The fraction of sp³-hybridized carbons (Fsp3) is 0.720. The van der Waals surface area contributed by atoms with Crippen LogP contribution in [0.15, 0.2) is 24.3 Å². The first-order chi connectivity index (χ1) is 32.5. The topological polar surface area (TPSA) is 270 Å². The molecule has 0 bridgehead atoms. The molecule has 1 aromatic carbocycles. The zero-order valence-corrected chi connectivity index (χ0v) is 40.9. The fourth-order valence-corrected chi connectivity index (χ4v) is 9.57. The number of hydrogen-bond donors (Lipinski definition) is 8. The molecule has 0 aromatic heterocycles. The molecule has 3 saturated heterocycles. The molecule has 9 N–H and O–H groups in total. The largest absolute Gasteiger partial charge is 0.508 e. The van der Waals surface area contributed by atoms with E-state index in [1.165, 1.54) is 47.6 Å². The van der Waals surface area contributed by atoms with Crippen LogP contribution in [0.3, 0.4) is 0 Å². The molecule has 0 aliphatic carbocycles. The van der Waals surface area contributed by atoms with Crippen LogP contribution in [-0.2, 0) is 44.8 Å². The monoisotopic (exact) mass is 953 g/mol. The standard InChI is InChI=1S/C50H80N8O10/c1-5-32(3)29-33(4)15-11-9-7-8-10-12-18-44(62)53-38-16-13-27-52-47(65)41-17-14-28-57(41)50(68)40(25-26-43(51)61)56-46(64)39(24-21-34-19-22-35(59)23-20-34)55-48(66)42-30-36(60)31-58(42)49(67)37(6-2)54-45(38)63/h19-20,22-23,32-33,36-42,59-60H,5-18,21,24-31H2,1-4H3,(H2,51,61)(H,52,65)(H,53,62)(H,54,63)(H,55,66)(H,56,64)/t32?,33?,36-,37?,38+,39?,40?,41+,42?/m1/s1. The predicted molar refractivity (Wildman–Crippen MR) is 256 cm³/mol. The maximum atomic E-state index is 14.2. The van der Waals surface area contributed by atoms with Crippen LogP contribution < -0.4 is 32.3 Å². The number of phenols is 1. The van der Waals surface area contributed by atoms with Gasteiger partial charge in [0.25, 0.3) is 0 Å². The van der Waals surface area contributed by atoms with Gasteiger partial charge in [0.05, 0.1) is 6.10 Å². The van der Waals surface area contributed by atoms with Gasteiger partial charge < -0.3 is 52.3 Å². The summed E-state index contributed by atoms with van der Waals surface area (Å²) in [6.45, 7) is 8.65. The third-order valence-electron chi connectivity index (χ3n) is 13.8. The molecule has 380 valence electrons. The van der Waals surface area contributed by atoms with Crippen molar-refractivity contribution in [2.24, 2.45) is 17.6 Å². The van der Waals surface area contributed by atoms with Crippen LogP contribution in [-0.4, -0.2) is 129 Å². The first kappa shape index (κ1) is 55.3. The van der Waals surface area contributed by atoms with E-state index in [9.17, 15) is 48.6 Å². The van der Waals surface area contributed by atoms with Gasteiger partial charge in [-0.05, 0) is 93.7 Å². The number of phenolic OH excluding ortho intramolecular Hbond substituents is 1. The molecule has 4 rings (SSSR count). The molecule has 6 unspecified atom stereocenters. The van der Waals surface area contributed by atoms with Gasteiger partial charge in [0.2, 0.25) is 47.3 Å². The molecule has 3 aliphatic heterocycles. The second kappa shape index (κ2) is 28.3. The molecule has 1 aromatic rings. The summed E-state index contributed by atoms with van der Waals surface area (Å²) in [6.07, 6.45) is 9.78. The van der Waals surface area contributed by atoms with Crippen LogP contribution in [0, 0.1) is 11.8 Å².